The third-order valence-electron chi connectivity index (χ3n) is 9.48. The Bertz CT molecular complexity index is 1910. The number of benzene rings is 3. The minimum absolute atomic E-state index is 0.0281. The van der Waals surface area contributed by atoms with Crippen molar-refractivity contribution in [3.8, 4) is 0 Å². The van der Waals surface area contributed by atoms with Gasteiger partial charge in [0.1, 0.15) is 29.9 Å². The number of aromatic nitrogens is 2. The Morgan fingerprint density at radius 1 is 0.900 bits per heavy atom. The average Bonchev–Trinajstić information content (AvgIpc) is 3.64. The zero-order valence-electron chi connectivity index (χ0n) is 22.4. The van der Waals surface area contributed by atoms with Gasteiger partial charge >= 0.3 is 0 Å². The Morgan fingerprint density at radius 2 is 1.75 bits per heavy atom. The molecular formula is C33H28N6O. The van der Waals surface area contributed by atoms with Crippen LogP contribution in [0.5, 0.6) is 0 Å². The maximum absolute atomic E-state index is 6.62. The lowest BCUT2D eigenvalue weighted by molar-refractivity contribution is 0.184. The standard InChI is InChI=1S/C33H28N6O/c1-19-16-24-22-12-13-23-21-9-5-7-11-27(21)40-30(23)29(22)38-15-14-36(2)32(38)28(24)33-37(3)26-17-34-18-35-31(26)39(33)25-10-6-4-8-20(19)25/h4-15,17-18,24,28,32-33H,1,16H2,2-3H3. The fourth-order valence-corrected chi connectivity index (χ4v) is 7.83. The van der Waals surface area contributed by atoms with Crippen LogP contribution in [-0.2, 0) is 0 Å². The van der Waals surface area contributed by atoms with E-state index < -0.39 is 0 Å². The molecule has 0 bridgehead atoms. The van der Waals surface area contributed by atoms with Crippen LogP contribution in [0.1, 0.15) is 23.5 Å². The molecule has 5 aromatic rings. The van der Waals surface area contributed by atoms with E-state index in [0.717, 1.165) is 51.1 Å². The number of furan rings is 1. The molecule has 0 amide bonds. The Hall–Kier alpha value is -4.78. The van der Waals surface area contributed by atoms with Crippen molar-refractivity contribution in [3.05, 3.63) is 103 Å². The van der Waals surface area contributed by atoms with Crippen LogP contribution in [0.25, 0.3) is 27.5 Å². The maximum Gasteiger partial charge on any atom is 0.161 e. The van der Waals surface area contributed by atoms with Crippen LogP contribution in [0.15, 0.2) is 96.6 Å². The second-order valence-corrected chi connectivity index (χ2v) is 11.4. The second-order valence-electron chi connectivity index (χ2n) is 11.4. The largest absolute Gasteiger partial charge is 0.454 e. The molecule has 40 heavy (non-hydrogen) atoms. The smallest absolute Gasteiger partial charge is 0.161 e. The summed E-state index contributed by atoms with van der Waals surface area (Å²) in [7, 11) is 4.38. The molecule has 7 nitrogen and oxygen atoms in total. The van der Waals surface area contributed by atoms with Gasteiger partial charge < -0.3 is 24.0 Å². The van der Waals surface area contributed by atoms with E-state index in [0.29, 0.717) is 0 Å². The van der Waals surface area contributed by atoms with Crippen LogP contribution in [0, 0.1) is 5.92 Å². The van der Waals surface area contributed by atoms with Crippen molar-refractivity contribution in [2.24, 2.45) is 5.92 Å². The normalized spacial score (nSPS) is 24.4. The summed E-state index contributed by atoms with van der Waals surface area (Å²) in [6.07, 6.45) is 9.01. The van der Waals surface area contributed by atoms with E-state index in [2.05, 4.69) is 112 Å². The van der Waals surface area contributed by atoms with Crippen molar-refractivity contribution in [2.75, 3.05) is 28.8 Å². The predicted octanol–water partition coefficient (Wildman–Crippen LogP) is 6.67. The van der Waals surface area contributed by atoms with Gasteiger partial charge in [0.15, 0.2) is 11.4 Å². The first kappa shape index (κ1) is 22.1. The first-order valence-electron chi connectivity index (χ1n) is 13.8. The zero-order chi connectivity index (χ0) is 26.7. The summed E-state index contributed by atoms with van der Waals surface area (Å²) in [6, 6.07) is 21.6. The van der Waals surface area contributed by atoms with E-state index >= 15 is 0 Å². The molecule has 4 unspecified atom stereocenters. The molecule has 4 aliphatic rings. The van der Waals surface area contributed by atoms with Crippen molar-refractivity contribution in [1.82, 2.24) is 14.9 Å². The highest BCUT2D eigenvalue weighted by Gasteiger charge is 2.55. The van der Waals surface area contributed by atoms with Crippen molar-refractivity contribution < 1.29 is 4.42 Å². The molecule has 0 saturated heterocycles. The highest BCUT2D eigenvalue weighted by atomic mass is 16.3. The van der Waals surface area contributed by atoms with E-state index in [4.69, 9.17) is 9.40 Å². The van der Waals surface area contributed by atoms with Gasteiger partial charge in [0.2, 0.25) is 0 Å². The number of hydrogen-bond donors (Lipinski definition) is 0. The Labute approximate surface area is 232 Å². The highest BCUT2D eigenvalue weighted by molar-refractivity contribution is 6.10. The first-order chi connectivity index (χ1) is 19.6. The van der Waals surface area contributed by atoms with Crippen LogP contribution < -0.4 is 14.7 Å². The summed E-state index contributed by atoms with van der Waals surface area (Å²) in [6.45, 7) is 4.67. The minimum Gasteiger partial charge on any atom is -0.454 e. The highest BCUT2D eigenvalue weighted by Crippen LogP contribution is 2.58. The number of fused-ring (bicyclic) bond motifs is 16. The monoisotopic (exact) mass is 524 g/mol. The molecule has 0 spiro atoms. The van der Waals surface area contributed by atoms with Gasteiger partial charge in [-0.25, -0.2) is 9.97 Å². The number of para-hydroxylation sites is 2. The summed E-state index contributed by atoms with van der Waals surface area (Å²) in [5.74, 6) is 1.34. The average molecular weight is 525 g/mol. The van der Waals surface area contributed by atoms with Crippen molar-refractivity contribution in [1.29, 1.82) is 0 Å². The molecule has 196 valence electrons. The molecule has 0 aliphatic carbocycles. The molecule has 2 aromatic heterocycles. The number of anilines is 4. The molecule has 0 saturated carbocycles. The molecular weight excluding hydrogens is 496 g/mol. The fraction of sp³-hybridized carbons (Fsp3) is 0.212. The van der Waals surface area contributed by atoms with Gasteiger partial charge in [-0.2, -0.15) is 0 Å². The number of nitrogens with zero attached hydrogens (tertiary/aromatic N) is 6. The van der Waals surface area contributed by atoms with Crippen LogP contribution in [0.2, 0.25) is 0 Å². The third-order valence-corrected chi connectivity index (χ3v) is 9.48. The second kappa shape index (κ2) is 7.66. The number of rotatable bonds is 0. The van der Waals surface area contributed by atoms with E-state index in [-0.39, 0.29) is 24.2 Å². The van der Waals surface area contributed by atoms with Crippen molar-refractivity contribution in [3.63, 3.8) is 0 Å². The lowest BCUT2D eigenvalue weighted by atomic mass is 9.71. The summed E-state index contributed by atoms with van der Waals surface area (Å²) in [4.78, 5) is 18.9. The molecule has 9 rings (SSSR count). The summed E-state index contributed by atoms with van der Waals surface area (Å²) in [5.41, 5.74) is 8.89. The molecule has 6 heterocycles. The quantitative estimate of drug-likeness (QED) is 0.224. The van der Waals surface area contributed by atoms with Crippen molar-refractivity contribution >= 4 is 50.4 Å². The first-order valence-corrected chi connectivity index (χ1v) is 13.8. The van der Waals surface area contributed by atoms with Crippen LogP contribution in [0.3, 0.4) is 0 Å². The zero-order valence-corrected chi connectivity index (χ0v) is 22.4. The molecule has 3 aromatic carbocycles. The summed E-state index contributed by atoms with van der Waals surface area (Å²) in [5, 5.41) is 2.31. The van der Waals surface area contributed by atoms with E-state index in [1.54, 1.807) is 6.33 Å². The fourth-order valence-electron chi connectivity index (χ4n) is 7.83. The summed E-state index contributed by atoms with van der Waals surface area (Å²) >= 11 is 0. The van der Waals surface area contributed by atoms with Gasteiger partial charge in [0, 0.05) is 54.7 Å². The van der Waals surface area contributed by atoms with Gasteiger partial charge in [0.05, 0.1) is 17.6 Å². The topological polar surface area (TPSA) is 51.9 Å². The maximum atomic E-state index is 6.62. The Kier molecular flexibility index (Phi) is 4.23. The summed E-state index contributed by atoms with van der Waals surface area (Å²) < 4.78 is 6.62. The van der Waals surface area contributed by atoms with Crippen LogP contribution in [0.4, 0.5) is 22.9 Å². The molecule has 4 atom stereocenters. The number of allylic oxidation sites excluding steroid dienone is 1. The van der Waals surface area contributed by atoms with Gasteiger partial charge in [-0.1, -0.05) is 55.1 Å². The molecule has 0 fully saturated rings. The van der Waals surface area contributed by atoms with Gasteiger partial charge in [-0.05, 0) is 29.7 Å². The Balaban J connectivity index is 1.35. The minimum atomic E-state index is 0.0281. The van der Waals surface area contributed by atoms with Gasteiger partial charge in [-0.15, -0.1) is 0 Å². The number of hydrogen-bond acceptors (Lipinski definition) is 7. The van der Waals surface area contributed by atoms with E-state index in [1.165, 1.54) is 16.8 Å². The molecule has 0 radical (unpaired) electrons. The van der Waals surface area contributed by atoms with E-state index in [1.807, 2.05) is 12.3 Å². The van der Waals surface area contributed by atoms with Crippen molar-refractivity contribution in [2.45, 2.75) is 24.7 Å². The van der Waals surface area contributed by atoms with Crippen LogP contribution >= 0.6 is 0 Å². The van der Waals surface area contributed by atoms with E-state index in [9.17, 15) is 0 Å². The lowest BCUT2D eigenvalue weighted by Gasteiger charge is -2.52. The van der Waals surface area contributed by atoms with Gasteiger partial charge in [0.25, 0.3) is 0 Å². The predicted molar refractivity (Wildman–Crippen MR) is 160 cm³/mol. The third kappa shape index (κ3) is 2.64. The Morgan fingerprint density at radius 3 is 2.67 bits per heavy atom. The van der Waals surface area contributed by atoms with Crippen LogP contribution in [-0.4, -0.2) is 41.3 Å². The lowest BCUT2D eigenvalue weighted by Crippen LogP contribution is -2.59. The van der Waals surface area contributed by atoms with Gasteiger partial charge in [-0.3, -0.25) is 0 Å². The molecule has 7 heteroatoms. The molecule has 0 N–H and O–H groups in total. The SMILES string of the molecule is C=C1CC2c3ccc4c(oc5ccccc54)c3N3C=CN(C)C3C2C2N(C)c3cncnc3N2c2ccccc21. The molecule has 4 aliphatic heterocycles.